The van der Waals surface area contributed by atoms with E-state index in [9.17, 15) is 4.79 Å². The highest BCUT2D eigenvalue weighted by Crippen LogP contribution is 2.36. The number of halogens is 1. The van der Waals surface area contributed by atoms with E-state index in [0.29, 0.717) is 17.4 Å². The molecule has 1 amide bonds. The molecular weight excluding hydrogens is 342 g/mol. The van der Waals surface area contributed by atoms with Crippen LogP contribution in [-0.4, -0.2) is 30.5 Å². The van der Waals surface area contributed by atoms with Crippen LogP contribution in [0.1, 0.15) is 62.9 Å². The topological polar surface area (TPSA) is 29.5 Å². The van der Waals surface area contributed by atoms with Gasteiger partial charge in [-0.1, -0.05) is 20.8 Å². The summed E-state index contributed by atoms with van der Waals surface area (Å²) in [6, 6.07) is 4.34. The van der Waals surface area contributed by atoms with Crippen LogP contribution in [0.2, 0.25) is 0 Å². The van der Waals surface area contributed by atoms with Gasteiger partial charge in [-0.3, -0.25) is 4.79 Å². The minimum absolute atomic E-state index is 0.0165. The zero-order valence-electron chi connectivity index (χ0n) is 14.2. The summed E-state index contributed by atoms with van der Waals surface area (Å²) in [5.74, 6) is 0.714. The van der Waals surface area contributed by atoms with E-state index in [2.05, 4.69) is 49.7 Å². The summed E-state index contributed by atoms with van der Waals surface area (Å²) >= 11 is 3.56. The molecule has 0 aliphatic carbocycles. The number of carbonyl (C=O) groups excluding carboxylic acids is 1. The molecule has 1 aliphatic rings. The first-order valence-electron chi connectivity index (χ1n) is 7.94. The van der Waals surface area contributed by atoms with Crippen LogP contribution in [0.5, 0.6) is 5.75 Å². The quantitative estimate of drug-likeness (QED) is 0.753. The van der Waals surface area contributed by atoms with Crippen LogP contribution in [0.4, 0.5) is 0 Å². The van der Waals surface area contributed by atoms with Gasteiger partial charge in [0, 0.05) is 12.6 Å². The van der Waals surface area contributed by atoms with Crippen LogP contribution in [0.25, 0.3) is 0 Å². The summed E-state index contributed by atoms with van der Waals surface area (Å²) in [4.78, 5) is 15.0. The number of benzene rings is 1. The number of methoxy groups -OCH3 is 1. The van der Waals surface area contributed by atoms with Crippen molar-refractivity contribution in [2.24, 2.45) is 0 Å². The normalized spacial score (nSPS) is 19.2. The van der Waals surface area contributed by atoms with Crippen molar-refractivity contribution in [3.8, 4) is 5.75 Å². The molecular formula is C18H26BrNO2. The standard InChI is InChI=1S/C18H26BrNO2/c1-12-8-6-7-9-20(12)17(21)14-10-13(18(2,3)4)11-15(19)16(14)22-5/h10-12H,6-9H2,1-5H3/t12-/m0/s1. The molecule has 1 heterocycles. The number of piperidine rings is 1. The monoisotopic (exact) mass is 367 g/mol. The summed E-state index contributed by atoms with van der Waals surface area (Å²) in [5.41, 5.74) is 1.78. The van der Waals surface area contributed by atoms with Crippen LogP contribution >= 0.6 is 15.9 Å². The van der Waals surface area contributed by atoms with Gasteiger partial charge in [-0.2, -0.15) is 0 Å². The molecule has 4 heteroatoms. The first kappa shape index (κ1) is 17.3. The van der Waals surface area contributed by atoms with E-state index in [1.165, 1.54) is 6.42 Å². The predicted octanol–water partition coefficient (Wildman–Crippen LogP) is 4.77. The Bertz CT molecular complexity index is 563. The Morgan fingerprint density at radius 1 is 1.32 bits per heavy atom. The fourth-order valence-electron chi connectivity index (χ4n) is 2.95. The number of nitrogens with zero attached hydrogens (tertiary/aromatic N) is 1. The Labute approximate surface area is 142 Å². The van der Waals surface area contributed by atoms with Crippen molar-refractivity contribution < 1.29 is 9.53 Å². The van der Waals surface area contributed by atoms with Gasteiger partial charge >= 0.3 is 0 Å². The number of rotatable bonds is 2. The lowest BCUT2D eigenvalue weighted by molar-refractivity contribution is 0.0632. The average Bonchev–Trinajstić information content (AvgIpc) is 2.45. The van der Waals surface area contributed by atoms with E-state index in [1.54, 1.807) is 7.11 Å². The fourth-order valence-corrected chi connectivity index (χ4v) is 3.57. The van der Waals surface area contributed by atoms with Gasteiger partial charge in [-0.15, -0.1) is 0 Å². The molecule has 0 bridgehead atoms. The maximum absolute atomic E-state index is 13.0. The van der Waals surface area contributed by atoms with Gasteiger partial charge in [-0.05, 0) is 65.2 Å². The maximum atomic E-state index is 13.0. The number of ether oxygens (including phenoxy) is 1. The smallest absolute Gasteiger partial charge is 0.257 e. The first-order chi connectivity index (χ1) is 10.3. The van der Waals surface area contributed by atoms with E-state index in [-0.39, 0.29) is 11.3 Å². The number of likely N-dealkylation sites (tertiary alicyclic amines) is 1. The van der Waals surface area contributed by atoms with Gasteiger partial charge in [0.1, 0.15) is 5.75 Å². The largest absolute Gasteiger partial charge is 0.495 e. The van der Waals surface area contributed by atoms with Gasteiger partial charge in [0.05, 0.1) is 17.1 Å². The highest BCUT2D eigenvalue weighted by Gasteiger charge is 2.28. The Hall–Kier alpha value is -1.03. The minimum atomic E-state index is -0.0165. The molecule has 0 aromatic heterocycles. The molecule has 0 saturated carbocycles. The van der Waals surface area contributed by atoms with Crippen molar-refractivity contribution in [3.05, 3.63) is 27.7 Å². The van der Waals surface area contributed by atoms with Crippen LogP contribution in [0, 0.1) is 0 Å². The predicted molar refractivity (Wildman–Crippen MR) is 93.7 cm³/mol. The first-order valence-corrected chi connectivity index (χ1v) is 8.74. The maximum Gasteiger partial charge on any atom is 0.257 e. The third kappa shape index (κ3) is 3.48. The average molecular weight is 368 g/mol. The second-order valence-electron chi connectivity index (χ2n) is 7.13. The molecule has 3 nitrogen and oxygen atoms in total. The Morgan fingerprint density at radius 2 is 2.00 bits per heavy atom. The van der Waals surface area contributed by atoms with E-state index in [1.807, 2.05) is 11.0 Å². The lowest BCUT2D eigenvalue weighted by Crippen LogP contribution is -2.42. The molecule has 0 spiro atoms. The Balaban J connectivity index is 2.47. The lowest BCUT2D eigenvalue weighted by atomic mass is 9.85. The molecule has 0 unspecified atom stereocenters. The van der Waals surface area contributed by atoms with Crippen molar-refractivity contribution in [2.75, 3.05) is 13.7 Å². The molecule has 122 valence electrons. The second-order valence-corrected chi connectivity index (χ2v) is 7.99. The van der Waals surface area contributed by atoms with E-state index in [4.69, 9.17) is 4.74 Å². The molecule has 1 saturated heterocycles. The molecule has 1 fully saturated rings. The third-order valence-electron chi connectivity index (χ3n) is 4.41. The summed E-state index contributed by atoms with van der Waals surface area (Å²) in [6.07, 6.45) is 3.36. The van der Waals surface area contributed by atoms with Gasteiger partial charge < -0.3 is 9.64 Å². The van der Waals surface area contributed by atoms with Crippen molar-refractivity contribution in [3.63, 3.8) is 0 Å². The molecule has 1 aromatic carbocycles. The van der Waals surface area contributed by atoms with Crippen molar-refractivity contribution in [1.29, 1.82) is 0 Å². The third-order valence-corrected chi connectivity index (χ3v) is 5.00. The highest BCUT2D eigenvalue weighted by molar-refractivity contribution is 9.10. The summed E-state index contributed by atoms with van der Waals surface area (Å²) in [5, 5.41) is 0. The lowest BCUT2D eigenvalue weighted by Gasteiger charge is -2.34. The zero-order chi connectivity index (χ0) is 16.5. The Morgan fingerprint density at radius 3 is 2.55 bits per heavy atom. The molecule has 22 heavy (non-hydrogen) atoms. The van der Waals surface area contributed by atoms with Gasteiger partial charge in [-0.25, -0.2) is 0 Å². The van der Waals surface area contributed by atoms with Crippen molar-refractivity contribution in [1.82, 2.24) is 4.90 Å². The van der Waals surface area contributed by atoms with E-state index >= 15 is 0 Å². The van der Waals surface area contributed by atoms with Crippen LogP contribution in [-0.2, 0) is 5.41 Å². The van der Waals surface area contributed by atoms with Crippen LogP contribution in [0.15, 0.2) is 16.6 Å². The second kappa shape index (κ2) is 6.61. The molecule has 0 N–H and O–H groups in total. The molecule has 2 rings (SSSR count). The van der Waals surface area contributed by atoms with Crippen molar-refractivity contribution >= 4 is 21.8 Å². The van der Waals surface area contributed by atoms with Gasteiger partial charge in [0.2, 0.25) is 0 Å². The number of amides is 1. The SMILES string of the molecule is COc1c(Br)cc(C(C)(C)C)cc1C(=O)N1CCCC[C@@H]1C. The number of hydrogen-bond acceptors (Lipinski definition) is 2. The zero-order valence-corrected chi connectivity index (χ0v) is 15.8. The van der Waals surface area contributed by atoms with E-state index in [0.717, 1.165) is 29.4 Å². The van der Waals surface area contributed by atoms with Gasteiger partial charge in [0.15, 0.2) is 0 Å². The number of carbonyl (C=O) groups is 1. The molecule has 0 radical (unpaired) electrons. The molecule has 1 aliphatic heterocycles. The van der Waals surface area contributed by atoms with Crippen molar-refractivity contribution in [2.45, 2.75) is 58.4 Å². The summed E-state index contributed by atoms with van der Waals surface area (Å²) in [6.45, 7) is 9.42. The van der Waals surface area contributed by atoms with Crippen LogP contribution < -0.4 is 4.74 Å². The fraction of sp³-hybridized carbons (Fsp3) is 0.611. The Kier molecular flexibility index (Phi) is 5.21. The highest BCUT2D eigenvalue weighted by atomic mass is 79.9. The minimum Gasteiger partial charge on any atom is -0.495 e. The summed E-state index contributed by atoms with van der Waals surface area (Å²) in [7, 11) is 1.62. The van der Waals surface area contributed by atoms with Gasteiger partial charge in [0.25, 0.3) is 5.91 Å². The number of hydrogen-bond donors (Lipinski definition) is 0. The summed E-state index contributed by atoms with van der Waals surface area (Å²) < 4.78 is 6.34. The van der Waals surface area contributed by atoms with E-state index < -0.39 is 0 Å². The molecule has 1 aromatic rings. The van der Waals surface area contributed by atoms with Crippen LogP contribution in [0.3, 0.4) is 0 Å². The molecule has 1 atom stereocenters.